The molecule has 1 heterocycles. The summed E-state index contributed by atoms with van der Waals surface area (Å²) >= 11 is 1.19. The maximum Gasteiger partial charge on any atom is 0.311 e. The average molecular weight is 281 g/mol. The van der Waals surface area contributed by atoms with Gasteiger partial charge in [-0.15, -0.1) is 11.3 Å². The third-order valence-electron chi connectivity index (χ3n) is 2.84. The molecule has 0 saturated carbocycles. The van der Waals surface area contributed by atoms with Crippen LogP contribution in [0, 0.1) is 0 Å². The first kappa shape index (κ1) is 13.7. The van der Waals surface area contributed by atoms with Gasteiger partial charge in [-0.25, -0.2) is 0 Å². The number of ether oxygens (including phenoxy) is 1. The van der Waals surface area contributed by atoms with E-state index < -0.39 is 0 Å². The maximum absolute atomic E-state index is 11.8. The molecule has 19 heavy (non-hydrogen) atoms. The zero-order valence-corrected chi connectivity index (χ0v) is 11.7. The minimum absolute atomic E-state index is 0.0525. The fraction of sp³-hybridized carbons (Fsp3) is 0.462. The second-order valence-corrected chi connectivity index (χ2v) is 5.37. The van der Waals surface area contributed by atoms with Crippen LogP contribution in [0.2, 0.25) is 0 Å². The van der Waals surface area contributed by atoms with E-state index in [0.717, 1.165) is 12.0 Å². The molecule has 0 saturated heterocycles. The summed E-state index contributed by atoms with van der Waals surface area (Å²) in [4.78, 5) is 35.1. The van der Waals surface area contributed by atoms with E-state index >= 15 is 0 Å². The fourth-order valence-corrected chi connectivity index (χ4v) is 3.17. The molecule has 6 heteroatoms. The van der Waals surface area contributed by atoms with Crippen molar-refractivity contribution in [3.8, 4) is 5.75 Å². The second-order valence-electron chi connectivity index (χ2n) is 4.35. The van der Waals surface area contributed by atoms with Gasteiger partial charge in [0.1, 0.15) is 5.00 Å². The number of hydrogen-bond acceptors (Lipinski definition) is 5. The van der Waals surface area contributed by atoms with Crippen LogP contribution < -0.4 is 10.1 Å². The SMILES string of the molecule is CCC(=O)Oc1c(NC(C)=O)sc2c1CCCC2=O. The van der Waals surface area contributed by atoms with Crippen molar-refractivity contribution < 1.29 is 19.1 Å². The first-order chi connectivity index (χ1) is 9.02. The number of anilines is 1. The Morgan fingerprint density at radius 1 is 1.37 bits per heavy atom. The van der Waals surface area contributed by atoms with Crippen LogP contribution in [0.15, 0.2) is 0 Å². The van der Waals surface area contributed by atoms with E-state index in [1.165, 1.54) is 18.3 Å². The normalized spacial score (nSPS) is 13.9. The zero-order chi connectivity index (χ0) is 14.0. The Hall–Kier alpha value is -1.69. The molecule has 1 aliphatic rings. The van der Waals surface area contributed by atoms with Crippen LogP contribution in [0.4, 0.5) is 5.00 Å². The highest BCUT2D eigenvalue weighted by Crippen LogP contribution is 2.44. The largest absolute Gasteiger partial charge is 0.423 e. The monoisotopic (exact) mass is 281 g/mol. The van der Waals surface area contributed by atoms with Crippen molar-refractivity contribution in [3.05, 3.63) is 10.4 Å². The summed E-state index contributed by atoms with van der Waals surface area (Å²) < 4.78 is 5.29. The Labute approximate surface area is 114 Å². The fourth-order valence-electron chi connectivity index (χ4n) is 1.98. The first-order valence-electron chi connectivity index (χ1n) is 6.20. The Balaban J connectivity index is 2.43. The lowest BCUT2D eigenvalue weighted by atomic mass is 9.97. The van der Waals surface area contributed by atoms with E-state index in [4.69, 9.17) is 4.74 Å². The third kappa shape index (κ3) is 2.84. The molecule has 0 radical (unpaired) electrons. The van der Waals surface area contributed by atoms with Crippen molar-refractivity contribution in [3.63, 3.8) is 0 Å². The van der Waals surface area contributed by atoms with E-state index in [9.17, 15) is 14.4 Å². The molecule has 1 N–H and O–H groups in total. The molecule has 0 aromatic carbocycles. The van der Waals surface area contributed by atoms with Crippen LogP contribution in [-0.4, -0.2) is 17.7 Å². The van der Waals surface area contributed by atoms with Crippen molar-refractivity contribution in [2.75, 3.05) is 5.32 Å². The van der Waals surface area contributed by atoms with E-state index in [2.05, 4.69) is 5.32 Å². The molecule has 1 aromatic heterocycles. The maximum atomic E-state index is 11.8. The van der Waals surface area contributed by atoms with Gasteiger partial charge in [0.05, 0.1) is 4.88 Å². The standard InChI is InChI=1S/C13H15NO4S/c1-3-10(17)18-11-8-5-4-6-9(16)12(8)19-13(11)14-7(2)15/h3-6H2,1-2H3,(H,14,15). The van der Waals surface area contributed by atoms with Crippen LogP contribution in [-0.2, 0) is 16.0 Å². The molecular formula is C13H15NO4S. The van der Waals surface area contributed by atoms with E-state index in [-0.39, 0.29) is 24.1 Å². The number of thiophene rings is 1. The summed E-state index contributed by atoms with van der Waals surface area (Å²) in [6, 6.07) is 0. The first-order valence-corrected chi connectivity index (χ1v) is 7.01. The number of Topliss-reactive ketones (excluding diaryl/α,β-unsaturated/α-hetero) is 1. The minimum Gasteiger partial charge on any atom is -0.423 e. The number of esters is 1. The van der Waals surface area contributed by atoms with Gasteiger partial charge in [0.2, 0.25) is 5.91 Å². The van der Waals surface area contributed by atoms with E-state index in [0.29, 0.717) is 28.5 Å². The molecule has 1 aliphatic carbocycles. The van der Waals surface area contributed by atoms with Crippen molar-refractivity contribution in [1.82, 2.24) is 0 Å². The Morgan fingerprint density at radius 2 is 2.11 bits per heavy atom. The number of fused-ring (bicyclic) bond motifs is 1. The van der Waals surface area contributed by atoms with Crippen molar-refractivity contribution in [2.45, 2.75) is 39.5 Å². The Morgan fingerprint density at radius 3 is 2.74 bits per heavy atom. The Bertz CT molecular complexity index is 547. The molecule has 0 fully saturated rings. The molecule has 1 aromatic rings. The molecule has 0 aliphatic heterocycles. The number of rotatable bonds is 3. The van der Waals surface area contributed by atoms with Gasteiger partial charge in [-0.1, -0.05) is 6.92 Å². The van der Waals surface area contributed by atoms with Crippen molar-refractivity contribution in [1.29, 1.82) is 0 Å². The predicted molar refractivity (Wildman–Crippen MR) is 71.8 cm³/mol. The van der Waals surface area contributed by atoms with Gasteiger partial charge in [0, 0.05) is 25.3 Å². The summed E-state index contributed by atoms with van der Waals surface area (Å²) in [7, 11) is 0. The van der Waals surface area contributed by atoms with Gasteiger partial charge < -0.3 is 10.1 Å². The van der Waals surface area contributed by atoms with Gasteiger partial charge in [-0.3, -0.25) is 14.4 Å². The number of hydrogen-bond donors (Lipinski definition) is 1. The summed E-state index contributed by atoms with van der Waals surface area (Å²) in [5.41, 5.74) is 0.756. The predicted octanol–water partition coefficient (Wildman–Crippen LogP) is 2.54. The van der Waals surface area contributed by atoms with Crippen LogP contribution in [0.25, 0.3) is 0 Å². The molecule has 1 amide bonds. The van der Waals surface area contributed by atoms with Crippen LogP contribution in [0.5, 0.6) is 5.75 Å². The highest BCUT2D eigenvalue weighted by atomic mass is 32.1. The quantitative estimate of drug-likeness (QED) is 0.864. The van der Waals surface area contributed by atoms with E-state index in [1.54, 1.807) is 6.92 Å². The molecule has 102 valence electrons. The average Bonchev–Trinajstić information content (AvgIpc) is 2.68. The number of carbonyl (C=O) groups excluding carboxylic acids is 3. The minimum atomic E-state index is -0.370. The van der Waals surface area contributed by atoms with Gasteiger partial charge >= 0.3 is 5.97 Å². The van der Waals surface area contributed by atoms with Crippen molar-refractivity contribution in [2.24, 2.45) is 0 Å². The lowest BCUT2D eigenvalue weighted by molar-refractivity contribution is -0.134. The van der Waals surface area contributed by atoms with Gasteiger partial charge in [-0.2, -0.15) is 0 Å². The topological polar surface area (TPSA) is 72.5 Å². The van der Waals surface area contributed by atoms with Gasteiger partial charge in [0.15, 0.2) is 11.5 Å². The molecule has 0 atom stereocenters. The molecule has 0 spiro atoms. The third-order valence-corrected chi connectivity index (χ3v) is 4.01. The molecule has 5 nitrogen and oxygen atoms in total. The van der Waals surface area contributed by atoms with Crippen LogP contribution in [0.1, 0.15) is 48.3 Å². The summed E-state index contributed by atoms with van der Waals surface area (Å²) in [5.74, 6) is -0.211. The number of carbonyl (C=O) groups is 3. The number of amides is 1. The molecular weight excluding hydrogens is 266 g/mol. The van der Waals surface area contributed by atoms with Crippen molar-refractivity contribution >= 4 is 34.0 Å². The lowest BCUT2D eigenvalue weighted by Gasteiger charge is -2.11. The Kier molecular flexibility index (Phi) is 3.99. The van der Waals surface area contributed by atoms with E-state index in [1.807, 2.05) is 0 Å². The number of nitrogens with one attached hydrogen (secondary N) is 1. The lowest BCUT2D eigenvalue weighted by Crippen LogP contribution is -2.12. The van der Waals surface area contributed by atoms with Crippen LogP contribution in [0.3, 0.4) is 0 Å². The van der Waals surface area contributed by atoms with Gasteiger partial charge in [0.25, 0.3) is 0 Å². The molecule has 0 unspecified atom stereocenters. The van der Waals surface area contributed by atoms with Gasteiger partial charge in [-0.05, 0) is 12.8 Å². The second kappa shape index (κ2) is 5.52. The summed E-state index contributed by atoms with van der Waals surface area (Å²) in [6.07, 6.45) is 2.20. The summed E-state index contributed by atoms with van der Waals surface area (Å²) in [6.45, 7) is 3.08. The highest BCUT2D eigenvalue weighted by molar-refractivity contribution is 7.18. The summed E-state index contributed by atoms with van der Waals surface area (Å²) in [5, 5.41) is 3.08. The smallest absolute Gasteiger partial charge is 0.311 e. The highest BCUT2D eigenvalue weighted by Gasteiger charge is 2.28. The molecule has 0 bridgehead atoms. The number of ketones is 1. The van der Waals surface area contributed by atoms with Crippen LogP contribution >= 0.6 is 11.3 Å². The zero-order valence-electron chi connectivity index (χ0n) is 10.9. The molecule has 2 rings (SSSR count).